The molecule has 1 aliphatic carbocycles. The first-order valence-corrected chi connectivity index (χ1v) is 6.86. The van der Waals surface area contributed by atoms with E-state index in [1.165, 1.54) is 11.3 Å². The lowest BCUT2D eigenvalue weighted by Crippen LogP contribution is -2.48. The predicted octanol–water partition coefficient (Wildman–Crippen LogP) is 1.14. The molecule has 7 nitrogen and oxygen atoms in total. The Morgan fingerprint density at radius 2 is 1.80 bits per heavy atom. The summed E-state index contributed by atoms with van der Waals surface area (Å²) in [7, 11) is 1.60. The fourth-order valence-electron chi connectivity index (χ4n) is 2.47. The van der Waals surface area contributed by atoms with Crippen LogP contribution in [0.5, 0.6) is 0 Å². The van der Waals surface area contributed by atoms with Crippen molar-refractivity contribution < 1.29 is 24.6 Å². The van der Waals surface area contributed by atoms with E-state index in [0.717, 1.165) is 25.7 Å². The minimum atomic E-state index is -1.39. The number of nitrogens with zero attached hydrogens (tertiary/aromatic N) is 1. The van der Waals surface area contributed by atoms with Crippen LogP contribution in [0, 0.1) is 5.92 Å². The SMILES string of the molecule is CN(CC1CCCCC1)C(=O)NC(CC(=O)O)C(=O)O. The molecule has 0 heterocycles. The third-order valence-corrected chi connectivity index (χ3v) is 3.58. The van der Waals surface area contributed by atoms with Crippen molar-refractivity contribution >= 4 is 18.0 Å². The molecule has 0 spiro atoms. The maximum atomic E-state index is 11.9. The molecule has 20 heavy (non-hydrogen) atoms. The van der Waals surface area contributed by atoms with Gasteiger partial charge in [0.1, 0.15) is 6.04 Å². The van der Waals surface area contributed by atoms with E-state index in [9.17, 15) is 14.4 Å². The van der Waals surface area contributed by atoms with Gasteiger partial charge in [-0.15, -0.1) is 0 Å². The number of carbonyl (C=O) groups is 3. The lowest BCUT2D eigenvalue weighted by atomic mass is 9.89. The van der Waals surface area contributed by atoms with Gasteiger partial charge < -0.3 is 20.4 Å². The molecule has 0 aromatic rings. The van der Waals surface area contributed by atoms with Crippen LogP contribution in [0.25, 0.3) is 0 Å². The summed E-state index contributed by atoms with van der Waals surface area (Å²) in [6.45, 7) is 0.575. The molecule has 2 amide bonds. The summed E-state index contributed by atoms with van der Waals surface area (Å²) in [5.74, 6) is -2.15. The molecule has 0 radical (unpaired) electrons. The summed E-state index contributed by atoms with van der Waals surface area (Å²) in [5.41, 5.74) is 0. The fraction of sp³-hybridized carbons (Fsp3) is 0.769. The number of carboxylic acid groups (broad SMARTS) is 2. The van der Waals surface area contributed by atoms with E-state index in [1.807, 2.05) is 0 Å². The van der Waals surface area contributed by atoms with Gasteiger partial charge in [0.25, 0.3) is 0 Å². The zero-order valence-corrected chi connectivity index (χ0v) is 11.7. The molecular formula is C13H22N2O5. The van der Waals surface area contributed by atoms with Crippen LogP contribution >= 0.6 is 0 Å². The average molecular weight is 286 g/mol. The molecule has 0 aliphatic heterocycles. The lowest BCUT2D eigenvalue weighted by Gasteiger charge is -2.28. The van der Waals surface area contributed by atoms with Gasteiger partial charge in [-0.2, -0.15) is 0 Å². The normalized spacial score (nSPS) is 17.2. The van der Waals surface area contributed by atoms with Gasteiger partial charge in [-0.05, 0) is 18.8 Å². The fourth-order valence-corrected chi connectivity index (χ4v) is 2.47. The van der Waals surface area contributed by atoms with Crippen molar-refractivity contribution in [3.05, 3.63) is 0 Å². The third-order valence-electron chi connectivity index (χ3n) is 3.58. The number of urea groups is 1. The molecule has 1 atom stereocenters. The third kappa shape index (κ3) is 5.46. The number of hydrogen-bond donors (Lipinski definition) is 3. The lowest BCUT2D eigenvalue weighted by molar-refractivity contribution is -0.145. The van der Waals surface area contributed by atoms with Crippen LogP contribution in [-0.2, 0) is 9.59 Å². The van der Waals surface area contributed by atoms with Crippen molar-refractivity contribution in [1.82, 2.24) is 10.2 Å². The first kappa shape index (κ1) is 16.3. The van der Waals surface area contributed by atoms with E-state index in [4.69, 9.17) is 10.2 Å². The Balaban J connectivity index is 2.45. The van der Waals surface area contributed by atoms with Crippen LogP contribution < -0.4 is 5.32 Å². The van der Waals surface area contributed by atoms with Crippen molar-refractivity contribution in [2.75, 3.05) is 13.6 Å². The summed E-state index contributed by atoms with van der Waals surface area (Å²) in [6, 6.07) is -1.93. The first-order valence-electron chi connectivity index (χ1n) is 6.86. The molecule has 0 bridgehead atoms. The Hall–Kier alpha value is -1.79. The number of rotatable bonds is 6. The minimum absolute atomic E-state index is 0.447. The minimum Gasteiger partial charge on any atom is -0.481 e. The number of nitrogens with one attached hydrogen (secondary N) is 1. The molecule has 0 aromatic carbocycles. The second-order valence-corrected chi connectivity index (χ2v) is 5.32. The first-order chi connectivity index (χ1) is 9.40. The molecular weight excluding hydrogens is 264 g/mol. The van der Waals surface area contributed by atoms with Crippen LogP contribution in [0.2, 0.25) is 0 Å². The van der Waals surface area contributed by atoms with E-state index in [0.29, 0.717) is 12.5 Å². The van der Waals surface area contributed by atoms with Gasteiger partial charge >= 0.3 is 18.0 Å². The van der Waals surface area contributed by atoms with Crippen molar-refractivity contribution in [2.45, 2.75) is 44.6 Å². The number of amides is 2. The number of hydrogen-bond acceptors (Lipinski definition) is 3. The summed E-state index contributed by atoms with van der Waals surface area (Å²) >= 11 is 0. The zero-order valence-electron chi connectivity index (χ0n) is 11.7. The summed E-state index contributed by atoms with van der Waals surface area (Å²) in [4.78, 5) is 34.8. The molecule has 114 valence electrons. The molecule has 7 heteroatoms. The highest BCUT2D eigenvalue weighted by Gasteiger charge is 2.25. The number of carboxylic acids is 2. The van der Waals surface area contributed by atoms with Gasteiger partial charge in [0, 0.05) is 13.6 Å². The second kappa shape index (κ2) is 7.72. The van der Waals surface area contributed by atoms with E-state index in [-0.39, 0.29) is 0 Å². The van der Waals surface area contributed by atoms with Crippen LogP contribution in [0.3, 0.4) is 0 Å². The molecule has 1 fully saturated rings. The summed E-state index contributed by atoms with van der Waals surface area (Å²) in [6.07, 6.45) is 5.09. The van der Waals surface area contributed by atoms with E-state index in [1.54, 1.807) is 7.05 Å². The van der Waals surface area contributed by atoms with E-state index < -0.39 is 30.4 Å². The zero-order chi connectivity index (χ0) is 15.1. The molecule has 3 N–H and O–H groups in total. The molecule has 1 saturated carbocycles. The van der Waals surface area contributed by atoms with Crippen molar-refractivity contribution in [2.24, 2.45) is 5.92 Å². The Bertz CT molecular complexity index is 366. The van der Waals surface area contributed by atoms with Crippen LogP contribution in [0.15, 0.2) is 0 Å². The molecule has 1 rings (SSSR count). The van der Waals surface area contributed by atoms with Crippen molar-refractivity contribution in [1.29, 1.82) is 0 Å². The molecule has 0 aromatic heterocycles. The van der Waals surface area contributed by atoms with Gasteiger partial charge in [-0.1, -0.05) is 19.3 Å². The smallest absolute Gasteiger partial charge is 0.326 e. The van der Waals surface area contributed by atoms with Crippen molar-refractivity contribution in [3.8, 4) is 0 Å². The largest absolute Gasteiger partial charge is 0.481 e. The Kier molecular flexibility index (Phi) is 6.27. The monoisotopic (exact) mass is 286 g/mol. The predicted molar refractivity (Wildman–Crippen MR) is 71.4 cm³/mol. The van der Waals surface area contributed by atoms with Crippen molar-refractivity contribution in [3.63, 3.8) is 0 Å². The van der Waals surface area contributed by atoms with Crippen LogP contribution in [0.4, 0.5) is 4.79 Å². The maximum absolute atomic E-state index is 11.9. The quantitative estimate of drug-likeness (QED) is 0.678. The van der Waals surface area contributed by atoms with E-state index in [2.05, 4.69) is 5.32 Å². The number of carbonyl (C=O) groups excluding carboxylic acids is 1. The molecule has 0 saturated heterocycles. The van der Waals surface area contributed by atoms with Crippen LogP contribution in [0.1, 0.15) is 38.5 Å². The van der Waals surface area contributed by atoms with Gasteiger partial charge in [0.05, 0.1) is 6.42 Å². The molecule has 1 aliphatic rings. The second-order valence-electron chi connectivity index (χ2n) is 5.32. The van der Waals surface area contributed by atoms with Gasteiger partial charge in [-0.3, -0.25) is 4.79 Å². The molecule has 1 unspecified atom stereocenters. The van der Waals surface area contributed by atoms with Gasteiger partial charge in [0.2, 0.25) is 0 Å². The van der Waals surface area contributed by atoms with E-state index >= 15 is 0 Å². The highest BCUT2D eigenvalue weighted by molar-refractivity contribution is 5.86. The topological polar surface area (TPSA) is 107 Å². The highest BCUT2D eigenvalue weighted by Crippen LogP contribution is 2.24. The average Bonchev–Trinajstić information content (AvgIpc) is 2.38. The summed E-state index contributed by atoms with van der Waals surface area (Å²) < 4.78 is 0. The highest BCUT2D eigenvalue weighted by atomic mass is 16.4. The Labute approximate surface area is 117 Å². The Morgan fingerprint density at radius 3 is 2.30 bits per heavy atom. The summed E-state index contributed by atoms with van der Waals surface area (Å²) in [5, 5.41) is 19.7. The van der Waals surface area contributed by atoms with Gasteiger partial charge in [0.15, 0.2) is 0 Å². The van der Waals surface area contributed by atoms with Crippen LogP contribution in [-0.4, -0.2) is 52.7 Å². The standard InChI is InChI=1S/C13H22N2O5/c1-15(8-9-5-3-2-4-6-9)13(20)14-10(12(18)19)7-11(16)17/h9-10H,2-8H2,1H3,(H,14,20)(H,16,17)(H,18,19). The Morgan fingerprint density at radius 1 is 1.20 bits per heavy atom. The maximum Gasteiger partial charge on any atom is 0.326 e. The number of aliphatic carboxylic acids is 2. The van der Waals surface area contributed by atoms with Gasteiger partial charge in [-0.25, -0.2) is 9.59 Å².